The maximum absolute atomic E-state index is 11.9. The van der Waals surface area contributed by atoms with Crippen LogP contribution in [0.4, 0.5) is 5.69 Å². The number of alkyl halides is 3. The molecule has 0 saturated carbocycles. The lowest BCUT2D eigenvalue weighted by atomic mass is 10.3. The summed E-state index contributed by atoms with van der Waals surface area (Å²) in [6.45, 7) is 0. The van der Waals surface area contributed by atoms with Gasteiger partial charge in [-0.15, -0.1) is 3.71 Å². The van der Waals surface area contributed by atoms with Crippen LogP contribution in [0.2, 0.25) is 0 Å². The van der Waals surface area contributed by atoms with Crippen molar-refractivity contribution in [2.24, 2.45) is 5.14 Å². The quantitative estimate of drug-likeness (QED) is 0.829. The largest absolute Gasteiger partial charge is 0.312 e. The Hall–Kier alpha value is -0.250. The van der Waals surface area contributed by atoms with Gasteiger partial charge in [-0.05, 0) is 12.1 Å². The zero-order valence-electron chi connectivity index (χ0n) is 8.49. The van der Waals surface area contributed by atoms with Gasteiger partial charge in [0.15, 0.2) is 0 Å². The summed E-state index contributed by atoms with van der Waals surface area (Å²) in [6.07, 6.45) is 0. The fourth-order valence-corrected chi connectivity index (χ4v) is 4.49. The van der Waals surface area contributed by atoms with Crippen molar-refractivity contribution >= 4 is 60.7 Å². The van der Waals surface area contributed by atoms with Crippen LogP contribution in [-0.4, -0.2) is 20.0 Å². The SMILES string of the molecule is NS(=O)(=O)N(c1ccccc1)S(=O)(=O)C(Cl)(Cl)Cl. The molecule has 2 N–H and O–H groups in total. The first-order chi connectivity index (χ1) is 7.98. The molecule has 1 aromatic rings. The van der Waals surface area contributed by atoms with E-state index in [0.717, 1.165) is 0 Å². The van der Waals surface area contributed by atoms with Crippen molar-refractivity contribution in [3.8, 4) is 0 Å². The Balaban J connectivity index is 3.54. The summed E-state index contributed by atoms with van der Waals surface area (Å²) in [5.74, 6) is 0. The number of benzene rings is 1. The lowest BCUT2D eigenvalue weighted by Gasteiger charge is -2.24. The molecule has 0 fully saturated rings. The summed E-state index contributed by atoms with van der Waals surface area (Å²) in [6, 6.07) is 6.74. The zero-order valence-corrected chi connectivity index (χ0v) is 12.4. The van der Waals surface area contributed by atoms with E-state index in [-0.39, 0.29) is 9.40 Å². The van der Waals surface area contributed by atoms with Crippen molar-refractivity contribution in [1.82, 2.24) is 0 Å². The first-order valence-corrected chi connectivity index (χ1v) is 8.25. The standard InChI is InChI=1S/C7H7Cl3N2O4S2/c8-7(9,10)17(13,14)12(18(11,15)16)6-4-2-1-3-5-6/h1-5H,(H2,11,15,16). The van der Waals surface area contributed by atoms with E-state index < -0.39 is 23.4 Å². The fourth-order valence-electron chi connectivity index (χ4n) is 1.07. The van der Waals surface area contributed by atoms with E-state index in [9.17, 15) is 16.8 Å². The predicted molar refractivity (Wildman–Crippen MR) is 71.2 cm³/mol. The average Bonchev–Trinajstić information content (AvgIpc) is 2.14. The Morgan fingerprint density at radius 3 is 1.78 bits per heavy atom. The Labute approximate surface area is 119 Å². The van der Waals surface area contributed by atoms with E-state index in [1.165, 1.54) is 24.3 Å². The smallest absolute Gasteiger partial charge is 0.210 e. The Bertz CT molecular complexity index is 624. The molecule has 0 bridgehead atoms. The molecule has 0 amide bonds. The molecule has 1 aromatic carbocycles. The van der Waals surface area contributed by atoms with Crippen molar-refractivity contribution in [1.29, 1.82) is 0 Å². The third-order valence-electron chi connectivity index (χ3n) is 1.71. The number of hydrogen-bond acceptors (Lipinski definition) is 4. The van der Waals surface area contributed by atoms with Crippen LogP contribution in [0.3, 0.4) is 0 Å². The van der Waals surface area contributed by atoms with E-state index in [1.807, 2.05) is 0 Å². The zero-order chi connectivity index (χ0) is 14.2. The van der Waals surface area contributed by atoms with Crippen molar-refractivity contribution in [2.45, 2.75) is 3.12 Å². The molecule has 0 heterocycles. The maximum atomic E-state index is 11.9. The Kier molecular flexibility index (Phi) is 4.41. The second kappa shape index (κ2) is 5.03. The van der Waals surface area contributed by atoms with E-state index >= 15 is 0 Å². The van der Waals surface area contributed by atoms with Crippen LogP contribution >= 0.6 is 34.8 Å². The molecule has 0 aromatic heterocycles. The van der Waals surface area contributed by atoms with Gasteiger partial charge in [0, 0.05) is 0 Å². The van der Waals surface area contributed by atoms with Gasteiger partial charge in [0.1, 0.15) is 0 Å². The molecular formula is C7H7Cl3N2O4S2. The average molecular weight is 354 g/mol. The highest BCUT2D eigenvalue weighted by Crippen LogP contribution is 2.38. The van der Waals surface area contributed by atoms with Crippen LogP contribution in [0.15, 0.2) is 30.3 Å². The number of hydrogen-bond donors (Lipinski definition) is 1. The summed E-state index contributed by atoms with van der Waals surface area (Å²) in [5.41, 5.74) is -0.258. The molecule has 0 atom stereocenters. The molecule has 0 aliphatic heterocycles. The highest BCUT2D eigenvalue weighted by Gasteiger charge is 2.47. The van der Waals surface area contributed by atoms with Crippen molar-refractivity contribution in [3.05, 3.63) is 30.3 Å². The summed E-state index contributed by atoms with van der Waals surface area (Å²) < 4.78 is 43.5. The third-order valence-corrected chi connectivity index (χ3v) is 6.58. The van der Waals surface area contributed by atoms with Gasteiger partial charge >= 0.3 is 13.3 Å². The first-order valence-electron chi connectivity index (χ1n) is 4.17. The molecule has 0 radical (unpaired) electrons. The van der Waals surface area contributed by atoms with E-state index in [4.69, 9.17) is 39.9 Å². The van der Waals surface area contributed by atoms with Crippen LogP contribution in [0.1, 0.15) is 0 Å². The molecule has 11 heteroatoms. The van der Waals surface area contributed by atoms with Crippen molar-refractivity contribution < 1.29 is 16.8 Å². The number of anilines is 1. The number of nitrogens with zero attached hydrogens (tertiary/aromatic N) is 1. The van der Waals surface area contributed by atoms with Crippen LogP contribution in [-0.2, 0) is 20.2 Å². The molecule has 102 valence electrons. The Morgan fingerprint density at radius 1 is 1.00 bits per heavy atom. The minimum Gasteiger partial charge on any atom is -0.210 e. The first kappa shape index (κ1) is 15.8. The maximum Gasteiger partial charge on any atom is 0.312 e. The van der Waals surface area contributed by atoms with Gasteiger partial charge in [-0.1, -0.05) is 53.0 Å². The van der Waals surface area contributed by atoms with Crippen molar-refractivity contribution in [3.63, 3.8) is 0 Å². The molecule has 6 nitrogen and oxygen atoms in total. The molecule has 18 heavy (non-hydrogen) atoms. The minimum atomic E-state index is -4.83. The second-order valence-electron chi connectivity index (χ2n) is 3.03. The molecule has 0 unspecified atom stereocenters. The lowest BCUT2D eigenvalue weighted by molar-refractivity contribution is 0.585. The van der Waals surface area contributed by atoms with Crippen LogP contribution in [0, 0.1) is 0 Å². The van der Waals surface area contributed by atoms with Crippen molar-refractivity contribution in [2.75, 3.05) is 3.71 Å². The molecule has 1 rings (SSSR count). The normalized spacial score (nSPS) is 13.3. The topological polar surface area (TPSA) is 97.5 Å². The summed E-state index contributed by atoms with van der Waals surface area (Å²) in [7, 11) is -9.50. The van der Waals surface area contributed by atoms with Gasteiger partial charge in [0.2, 0.25) is 0 Å². The van der Waals surface area contributed by atoms with E-state index in [0.29, 0.717) is 0 Å². The highest BCUT2D eigenvalue weighted by molar-refractivity contribution is 8.12. The van der Waals surface area contributed by atoms with Gasteiger partial charge in [0.05, 0.1) is 5.69 Å². The molecule has 0 saturated heterocycles. The van der Waals surface area contributed by atoms with Gasteiger partial charge in [-0.2, -0.15) is 8.42 Å². The second-order valence-corrected chi connectivity index (χ2v) is 9.54. The van der Waals surface area contributed by atoms with E-state index in [2.05, 4.69) is 0 Å². The highest BCUT2D eigenvalue weighted by atomic mass is 35.6. The van der Waals surface area contributed by atoms with Gasteiger partial charge in [0.25, 0.3) is 10.0 Å². The van der Waals surface area contributed by atoms with Crippen LogP contribution in [0.25, 0.3) is 0 Å². The summed E-state index contributed by atoms with van der Waals surface area (Å²) >= 11 is 15.8. The minimum absolute atomic E-state index is 0.132. The van der Waals surface area contributed by atoms with Crippen LogP contribution < -0.4 is 8.85 Å². The number of sulfonamides is 1. The molecule has 0 aliphatic rings. The summed E-state index contributed by atoms with van der Waals surface area (Å²) in [4.78, 5) is 0. The fraction of sp³-hybridized carbons (Fsp3) is 0.143. The molecule has 0 aliphatic carbocycles. The lowest BCUT2D eigenvalue weighted by Crippen LogP contribution is -2.46. The van der Waals surface area contributed by atoms with Crippen LogP contribution in [0.5, 0.6) is 0 Å². The van der Waals surface area contributed by atoms with E-state index in [1.54, 1.807) is 6.07 Å². The van der Waals surface area contributed by atoms with Gasteiger partial charge in [-0.3, -0.25) is 0 Å². The number of para-hydroxylation sites is 1. The Morgan fingerprint density at radius 2 is 1.44 bits per heavy atom. The number of nitrogens with two attached hydrogens (primary N) is 1. The summed E-state index contributed by atoms with van der Waals surface area (Å²) in [5, 5.41) is 4.84. The molecular weight excluding hydrogens is 347 g/mol. The number of rotatable bonds is 3. The predicted octanol–water partition coefficient (Wildman–Crippen LogP) is 1.35. The monoisotopic (exact) mass is 352 g/mol. The molecule has 0 spiro atoms. The number of halogens is 3. The van der Waals surface area contributed by atoms with Gasteiger partial charge < -0.3 is 0 Å². The third kappa shape index (κ3) is 3.19. The van der Waals surface area contributed by atoms with Gasteiger partial charge in [-0.25, -0.2) is 13.6 Å².